The molecule has 0 aliphatic carbocycles. The lowest BCUT2D eigenvalue weighted by atomic mass is 10.2. The van der Waals surface area contributed by atoms with Gasteiger partial charge in [-0.3, -0.25) is 0 Å². The predicted octanol–water partition coefficient (Wildman–Crippen LogP) is 3.58. The van der Waals surface area contributed by atoms with Crippen molar-refractivity contribution in [3.05, 3.63) is 23.1 Å². The Morgan fingerprint density at radius 1 is 1.22 bits per heavy atom. The molecule has 1 heterocycles. The van der Waals surface area contributed by atoms with Crippen molar-refractivity contribution in [2.75, 3.05) is 13.7 Å². The molecule has 1 aromatic carbocycles. The van der Waals surface area contributed by atoms with E-state index in [2.05, 4.69) is 32.8 Å². The minimum atomic E-state index is 0.684. The summed E-state index contributed by atoms with van der Waals surface area (Å²) in [5, 5.41) is 0.921. The zero-order valence-electron chi connectivity index (χ0n) is 10.4. The highest BCUT2D eigenvalue weighted by Crippen LogP contribution is 2.33. The third-order valence-corrected chi connectivity index (χ3v) is 3.26. The van der Waals surface area contributed by atoms with Crippen molar-refractivity contribution in [1.29, 1.82) is 0 Å². The predicted molar refractivity (Wildman–Crippen MR) is 74.2 cm³/mol. The molecular weight excluding hydrogens is 296 g/mol. The van der Waals surface area contributed by atoms with Crippen LogP contribution in [0.3, 0.4) is 0 Å². The Hall–Kier alpha value is -1.36. The van der Waals surface area contributed by atoms with Crippen LogP contribution in [0, 0.1) is 0 Å². The Morgan fingerprint density at radius 3 is 2.78 bits per heavy atom. The minimum Gasteiger partial charge on any atom is -0.493 e. The van der Waals surface area contributed by atoms with Gasteiger partial charge in [0.2, 0.25) is 0 Å². The molecule has 0 amide bonds. The summed E-state index contributed by atoms with van der Waals surface area (Å²) in [6.45, 7) is 2.81. The monoisotopic (exact) mass is 310 g/mol. The summed E-state index contributed by atoms with van der Waals surface area (Å²) in [5.74, 6) is 1.43. The summed E-state index contributed by atoms with van der Waals surface area (Å²) >= 11 is 3.41. The lowest BCUT2D eigenvalue weighted by Gasteiger charge is -2.11. The second-order valence-electron chi connectivity index (χ2n) is 3.89. The van der Waals surface area contributed by atoms with Crippen molar-refractivity contribution in [3.8, 4) is 11.5 Å². The highest BCUT2D eigenvalue weighted by atomic mass is 79.9. The fourth-order valence-corrected chi connectivity index (χ4v) is 2.04. The van der Waals surface area contributed by atoms with Crippen LogP contribution >= 0.6 is 15.9 Å². The van der Waals surface area contributed by atoms with Crippen LogP contribution in [-0.2, 0) is 0 Å². The van der Waals surface area contributed by atoms with E-state index in [9.17, 15) is 0 Å². The average Bonchev–Trinajstić information content (AvgIpc) is 2.39. The molecule has 0 bridgehead atoms. The van der Waals surface area contributed by atoms with Crippen LogP contribution in [0.15, 0.2) is 23.1 Å². The summed E-state index contributed by atoms with van der Waals surface area (Å²) < 4.78 is 11.8. The molecule has 5 heteroatoms. The van der Waals surface area contributed by atoms with Crippen LogP contribution in [0.5, 0.6) is 11.5 Å². The molecule has 1 aromatic heterocycles. The maximum atomic E-state index is 5.73. The second kappa shape index (κ2) is 6.00. The van der Waals surface area contributed by atoms with Crippen LogP contribution in [0.4, 0.5) is 0 Å². The van der Waals surface area contributed by atoms with Crippen molar-refractivity contribution in [1.82, 2.24) is 9.97 Å². The highest BCUT2D eigenvalue weighted by Gasteiger charge is 2.10. The molecule has 0 atom stereocenters. The molecule has 2 aromatic rings. The molecule has 96 valence electrons. The number of aromatic nitrogens is 2. The topological polar surface area (TPSA) is 44.2 Å². The molecule has 0 saturated carbocycles. The van der Waals surface area contributed by atoms with Crippen molar-refractivity contribution < 1.29 is 9.47 Å². The standard InChI is InChI=1S/C13H15BrN2O2/c1-3-4-5-18-12-6-9-10(7-11(12)17-2)15-8-16-13(9)14/h6-8H,3-5H2,1-2H3. The minimum absolute atomic E-state index is 0.684. The van der Waals surface area contributed by atoms with Gasteiger partial charge in [0.15, 0.2) is 11.5 Å². The molecular formula is C13H15BrN2O2. The smallest absolute Gasteiger partial charge is 0.162 e. The lowest BCUT2D eigenvalue weighted by molar-refractivity contribution is 0.289. The molecule has 0 radical (unpaired) electrons. The fourth-order valence-electron chi connectivity index (χ4n) is 1.63. The summed E-state index contributed by atoms with van der Waals surface area (Å²) in [5.41, 5.74) is 0.830. The Bertz CT molecular complexity index is 546. The van der Waals surface area contributed by atoms with Crippen molar-refractivity contribution >= 4 is 26.8 Å². The number of benzene rings is 1. The SMILES string of the molecule is CCCCOc1cc2c(Br)ncnc2cc1OC. The van der Waals surface area contributed by atoms with E-state index in [1.807, 2.05) is 12.1 Å². The van der Waals surface area contributed by atoms with E-state index in [0.717, 1.165) is 34.1 Å². The molecule has 4 nitrogen and oxygen atoms in total. The number of halogens is 1. The van der Waals surface area contributed by atoms with E-state index >= 15 is 0 Å². The number of hydrogen-bond donors (Lipinski definition) is 0. The van der Waals surface area contributed by atoms with E-state index in [4.69, 9.17) is 9.47 Å². The number of nitrogens with zero attached hydrogens (tertiary/aromatic N) is 2. The maximum absolute atomic E-state index is 5.73. The van der Waals surface area contributed by atoms with Gasteiger partial charge in [-0.25, -0.2) is 9.97 Å². The molecule has 0 N–H and O–H groups in total. The molecule has 0 aliphatic rings. The Labute approximate surface area is 114 Å². The lowest BCUT2D eigenvalue weighted by Crippen LogP contribution is -1.99. The number of methoxy groups -OCH3 is 1. The van der Waals surface area contributed by atoms with Gasteiger partial charge in [0.05, 0.1) is 19.2 Å². The number of rotatable bonds is 5. The van der Waals surface area contributed by atoms with Crippen molar-refractivity contribution in [2.45, 2.75) is 19.8 Å². The quantitative estimate of drug-likeness (QED) is 0.625. The van der Waals surface area contributed by atoms with Gasteiger partial charge in [0.25, 0.3) is 0 Å². The van der Waals surface area contributed by atoms with Gasteiger partial charge in [0.1, 0.15) is 10.9 Å². The summed E-state index contributed by atoms with van der Waals surface area (Å²) in [4.78, 5) is 8.32. The second-order valence-corrected chi connectivity index (χ2v) is 4.64. The molecule has 0 spiro atoms. The Balaban J connectivity index is 2.40. The fraction of sp³-hybridized carbons (Fsp3) is 0.385. The summed E-state index contributed by atoms with van der Waals surface area (Å²) in [6.07, 6.45) is 3.64. The first-order valence-corrected chi connectivity index (χ1v) is 6.66. The van der Waals surface area contributed by atoms with Crippen LogP contribution < -0.4 is 9.47 Å². The van der Waals surface area contributed by atoms with Gasteiger partial charge in [0, 0.05) is 11.5 Å². The largest absolute Gasteiger partial charge is 0.493 e. The van der Waals surface area contributed by atoms with Crippen LogP contribution in [0.2, 0.25) is 0 Å². The van der Waals surface area contributed by atoms with Crippen LogP contribution in [0.1, 0.15) is 19.8 Å². The zero-order chi connectivity index (χ0) is 13.0. The molecule has 2 rings (SSSR count). The molecule has 0 saturated heterocycles. The van der Waals surface area contributed by atoms with Gasteiger partial charge in [-0.05, 0) is 28.4 Å². The number of unbranched alkanes of at least 4 members (excludes halogenated alkanes) is 1. The first-order chi connectivity index (χ1) is 8.76. The molecule has 0 fully saturated rings. The summed E-state index contributed by atoms with van der Waals surface area (Å²) in [6, 6.07) is 3.77. The van der Waals surface area contributed by atoms with Gasteiger partial charge in [-0.15, -0.1) is 0 Å². The van der Waals surface area contributed by atoms with E-state index in [1.165, 1.54) is 6.33 Å². The third kappa shape index (κ3) is 2.72. The first kappa shape index (κ1) is 13.1. The zero-order valence-corrected chi connectivity index (χ0v) is 12.0. The van der Waals surface area contributed by atoms with Crippen LogP contribution in [0.25, 0.3) is 10.9 Å². The van der Waals surface area contributed by atoms with Gasteiger partial charge in [-0.1, -0.05) is 13.3 Å². The van der Waals surface area contributed by atoms with E-state index < -0.39 is 0 Å². The normalized spacial score (nSPS) is 10.6. The van der Waals surface area contributed by atoms with E-state index in [-0.39, 0.29) is 0 Å². The summed E-state index contributed by atoms with van der Waals surface area (Å²) in [7, 11) is 1.63. The highest BCUT2D eigenvalue weighted by molar-refractivity contribution is 9.10. The molecule has 18 heavy (non-hydrogen) atoms. The Kier molecular flexibility index (Phi) is 4.36. The van der Waals surface area contributed by atoms with Gasteiger partial charge < -0.3 is 9.47 Å². The molecule has 0 unspecified atom stereocenters. The van der Waals surface area contributed by atoms with Crippen molar-refractivity contribution in [2.24, 2.45) is 0 Å². The number of fused-ring (bicyclic) bond motifs is 1. The number of ether oxygens (including phenoxy) is 2. The van der Waals surface area contributed by atoms with E-state index in [1.54, 1.807) is 7.11 Å². The average molecular weight is 311 g/mol. The van der Waals surface area contributed by atoms with Crippen molar-refractivity contribution in [3.63, 3.8) is 0 Å². The van der Waals surface area contributed by atoms with Gasteiger partial charge in [-0.2, -0.15) is 0 Å². The maximum Gasteiger partial charge on any atom is 0.162 e. The van der Waals surface area contributed by atoms with E-state index in [0.29, 0.717) is 12.4 Å². The molecule has 0 aliphatic heterocycles. The first-order valence-electron chi connectivity index (χ1n) is 5.87. The van der Waals surface area contributed by atoms with Crippen LogP contribution in [-0.4, -0.2) is 23.7 Å². The van der Waals surface area contributed by atoms with Gasteiger partial charge >= 0.3 is 0 Å². The Morgan fingerprint density at radius 2 is 2.06 bits per heavy atom. The number of hydrogen-bond acceptors (Lipinski definition) is 4. The third-order valence-electron chi connectivity index (χ3n) is 2.63.